The third kappa shape index (κ3) is 2.27. The van der Waals surface area contributed by atoms with E-state index in [2.05, 4.69) is 0 Å². The molecule has 60 valence electrons. The molecule has 0 fully saturated rings. The van der Waals surface area contributed by atoms with Crippen molar-refractivity contribution < 1.29 is 46.3 Å². The van der Waals surface area contributed by atoms with Crippen LogP contribution in [0, 0.1) is 0 Å². The minimum absolute atomic E-state index is 0. The number of rotatable bonds is 0. The van der Waals surface area contributed by atoms with Crippen molar-refractivity contribution in [3.05, 3.63) is 0 Å². The van der Waals surface area contributed by atoms with Crippen LogP contribution in [0.2, 0.25) is 0 Å². The van der Waals surface area contributed by atoms with Gasteiger partial charge in [0.05, 0.1) is 0 Å². The Bertz CT molecular complexity index is 361. The molecule has 0 N–H and O–H groups in total. The molecule has 0 aromatic heterocycles. The molecule has 0 unspecified atom stereocenters. The van der Waals surface area contributed by atoms with E-state index in [1.165, 1.54) is 0 Å². The first-order valence-electron chi connectivity index (χ1n) is 1.45. The third-order valence-corrected chi connectivity index (χ3v) is 1.60. The van der Waals surface area contributed by atoms with E-state index in [-0.39, 0.29) is 16.5 Å². The zero-order valence-electron chi connectivity index (χ0n) is 4.27. The van der Waals surface area contributed by atoms with Crippen molar-refractivity contribution >= 4 is 19.4 Å². The fourth-order valence-corrected chi connectivity index (χ4v) is 0.326. The molecule has 0 bridgehead atoms. The molecule has 0 aromatic carbocycles. The molecule has 0 atom stereocenters. The maximum Gasteiger partial charge on any atom is 0 e. The summed E-state index contributed by atoms with van der Waals surface area (Å²) in [5.74, 6) is 0. The minimum atomic E-state index is -3.47. The maximum absolute atomic E-state index is 9.65. The smallest absolute Gasteiger partial charge is 0 e. The molecule has 0 radical (unpaired) electrons. The van der Waals surface area contributed by atoms with E-state index in [0.29, 0.717) is 0 Å². The molecule has 4 nitrogen and oxygen atoms in total. The fourth-order valence-electron chi connectivity index (χ4n) is 0.0791. The summed E-state index contributed by atoms with van der Waals surface area (Å²) >= 11 is 0. The SMILES string of the molecule is O=[C]=[Ni](=[C]=O)(=[C]=O)=[C]=O.[Ni]. The molecule has 0 saturated heterocycles. The Hall–Kier alpha value is -0.693. The van der Waals surface area contributed by atoms with E-state index in [0.717, 1.165) is 19.4 Å². The predicted octanol–water partition coefficient (Wildman–Crippen LogP) is -1.59. The van der Waals surface area contributed by atoms with E-state index in [4.69, 9.17) is 0 Å². The van der Waals surface area contributed by atoms with Crippen LogP contribution in [-0.4, -0.2) is 19.4 Å². The Balaban J connectivity index is 0. The van der Waals surface area contributed by atoms with Crippen molar-refractivity contribution in [3.8, 4) is 0 Å². The van der Waals surface area contributed by atoms with Gasteiger partial charge < -0.3 is 0 Å². The van der Waals surface area contributed by atoms with Gasteiger partial charge in [-0.1, -0.05) is 0 Å². The van der Waals surface area contributed by atoms with Crippen molar-refractivity contribution in [2.75, 3.05) is 0 Å². The topological polar surface area (TPSA) is 68.3 Å². The van der Waals surface area contributed by atoms with Crippen LogP contribution in [0.3, 0.4) is 0 Å². The quantitative estimate of drug-likeness (QED) is 0.470. The first-order valence-corrected chi connectivity index (χ1v) is 3.42. The summed E-state index contributed by atoms with van der Waals surface area (Å²) in [5, 5.41) is 0. The molecule has 6 heteroatoms. The summed E-state index contributed by atoms with van der Waals surface area (Å²) in [7, 11) is -3.47. The monoisotopic (exact) mass is 228 g/mol. The average Bonchev–Trinajstić information content (AvgIpc) is 1.95. The molecular formula is C4Ni2O4. The minimum Gasteiger partial charge on any atom is 0 e. The van der Waals surface area contributed by atoms with Gasteiger partial charge in [-0.25, -0.2) is 0 Å². The van der Waals surface area contributed by atoms with E-state index in [9.17, 15) is 19.2 Å². The van der Waals surface area contributed by atoms with Crippen LogP contribution in [0.5, 0.6) is 0 Å². The second-order valence-electron chi connectivity index (χ2n) is 0.733. The molecule has 0 aliphatic rings. The molecule has 0 heterocycles. The first-order chi connectivity index (χ1) is 4.24. The van der Waals surface area contributed by atoms with Crippen LogP contribution in [0.1, 0.15) is 0 Å². The largest absolute Gasteiger partial charge is 0 e. The van der Waals surface area contributed by atoms with Gasteiger partial charge >= 0.3 is 49.3 Å². The van der Waals surface area contributed by atoms with Crippen LogP contribution < -0.4 is 0 Å². The molecule has 0 aliphatic heterocycles. The summed E-state index contributed by atoms with van der Waals surface area (Å²) in [6.07, 6.45) is 0. The van der Waals surface area contributed by atoms with Gasteiger partial charge in [-0.3, -0.25) is 0 Å². The summed E-state index contributed by atoms with van der Waals surface area (Å²) in [6.45, 7) is 0. The second-order valence-corrected chi connectivity index (χ2v) is 3.02. The summed E-state index contributed by atoms with van der Waals surface area (Å²) in [5.41, 5.74) is 0. The van der Waals surface area contributed by atoms with Gasteiger partial charge in [0.25, 0.3) is 0 Å². The van der Waals surface area contributed by atoms with Gasteiger partial charge in [0.1, 0.15) is 0 Å². The Morgan fingerprint density at radius 3 is 0.900 bits per heavy atom. The van der Waals surface area contributed by atoms with Gasteiger partial charge in [-0.2, -0.15) is 0 Å². The first kappa shape index (κ1) is 12.0. The van der Waals surface area contributed by atoms with E-state index in [1.807, 2.05) is 0 Å². The van der Waals surface area contributed by atoms with Crippen LogP contribution in [-0.2, 0) is 46.3 Å². The van der Waals surface area contributed by atoms with Gasteiger partial charge in [0.15, 0.2) is 0 Å². The van der Waals surface area contributed by atoms with Crippen molar-refractivity contribution in [1.29, 1.82) is 0 Å². The molecule has 0 rings (SSSR count). The standard InChI is InChI=1S/4CO.2Ni/c4*1-2;;. The Labute approximate surface area is 66.0 Å². The molecule has 0 amide bonds. The van der Waals surface area contributed by atoms with E-state index >= 15 is 0 Å². The van der Waals surface area contributed by atoms with E-state index in [1.54, 1.807) is 0 Å². The van der Waals surface area contributed by atoms with E-state index < -0.39 is 10.7 Å². The van der Waals surface area contributed by atoms with Crippen LogP contribution in [0.4, 0.5) is 0 Å². The van der Waals surface area contributed by atoms with Crippen molar-refractivity contribution in [3.63, 3.8) is 0 Å². The van der Waals surface area contributed by atoms with Gasteiger partial charge in [-0.15, -0.1) is 0 Å². The molecule has 0 saturated carbocycles. The third-order valence-electron chi connectivity index (χ3n) is 0.387. The second kappa shape index (κ2) is 5.12. The molecule has 0 spiro atoms. The molecular weight excluding hydrogens is 229 g/mol. The Morgan fingerprint density at radius 2 is 0.900 bits per heavy atom. The number of hydrogen-bond donors (Lipinski definition) is 0. The zero-order chi connectivity index (χ0) is 7.33. The predicted molar refractivity (Wildman–Crippen MR) is 22.8 cm³/mol. The van der Waals surface area contributed by atoms with Crippen molar-refractivity contribution in [2.24, 2.45) is 0 Å². The van der Waals surface area contributed by atoms with Gasteiger partial charge in [-0.05, 0) is 0 Å². The summed E-state index contributed by atoms with van der Waals surface area (Å²) < 4.78 is 0. The van der Waals surface area contributed by atoms with Crippen molar-refractivity contribution in [1.82, 2.24) is 0 Å². The Morgan fingerprint density at radius 1 is 0.700 bits per heavy atom. The fraction of sp³-hybridized carbons (Fsp3) is 0. The maximum atomic E-state index is 9.65. The normalized spacial score (nSPS) is 8.80. The molecule has 0 aliphatic carbocycles. The number of carbonyl (C=O) groups excluding carboxylic acids is 4. The Kier molecular flexibility index (Phi) is 6.16. The molecule has 10 heavy (non-hydrogen) atoms. The van der Waals surface area contributed by atoms with Crippen LogP contribution in [0.15, 0.2) is 0 Å². The summed E-state index contributed by atoms with van der Waals surface area (Å²) in [4.78, 5) is 42.3. The van der Waals surface area contributed by atoms with Gasteiger partial charge in [0, 0.05) is 16.5 Å². The van der Waals surface area contributed by atoms with Gasteiger partial charge in [0.2, 0.25) is 0 Å². The van der Waals surface area contributed by atoms with Crippen LogP contribution >= 0.6 is 0 Å². The molecule has 0 aromatic rings. The summed E-state index contributed by atoms with van der Waals surface area (Å²) in [6, 6.07) is 0. The number of hydrogen-bond acceptors (Lipinski definition) is 4. The van der Waals surface area contributed by atoms with Crippen LogP contribution in [0.25, 0.3) is 0 Å². The van der Waals surface area contributed by atoms with Crippen molar-refractivity contribution in [2.45, 2.75) is 0 Å². The zero-order valence-corrected chi connectivity index (χ0v) is 6.24. The average molecular weight is 229 g/mol.